The van der Waals surface area contributed by atoms with Crippen molar-refractivity contribution in [2.24, 2.45) is 0 Å². The summed E-state index contributed by atoms with van der Waals surface area (Å²) in [6.07, 6.45) is 3.60. The van der Waals surface area contributed by atoms with Crippen LogP contribution in [0.25, 0.3) is 5.69 Å². The summed E-state index contributed by atoms with van der Waals surface area (Å²) in [5.41, 5.74) is 2.07. The predicted molar refractivity (Wildman–Crippen MR) is 88.7 cm³/mol. The second kappa shape index (κ2) is 6.50. The van der Waals surface area contributed by atoms with E-state index in [0.717, 1.165) is 37.2 Å². The van der Waals surface area contributed by atoms with Crippen LogP contribution < -0.4 is 0 Å². The molecule has 0 atom stereocenters. The number of carbonyl (C=O) groups is 1. The first kappa shape index (κ1) is 15.7. The van der Waals surface area contributed by atoms with Gasteiger partial charge in [0.25, 0.3) is 5.91 Å². The summed E-state index contributed by atoms with van der Waals surface area (Å²) in [5.74, 6) is 0.198. The zero-order valence-electron chi connectivity index (χ0n) is 13.9. The number of piperidine rings is 1. The Labute approximate surface area is 136 Å². The van der Waals surface area contributed by atoms with Crippen molar-refractivity contribution in [2.45, 2.75) is 25.8 Å². The number of rotatable bonds is 3. The van der Waals surface area contributed by atoms with Crippen LogP contribution in [0, 0.1) is 6.92 Å². The molecule has 2 aromatic rings. The van der Waals surface area contributed by atoms with Gasteiger partial charge in [0, 0.05) is 19.1 Å². The van der Waals surface area contributed by atoms with E-state index in [4.69, 9.17) is 0 Å². The molecule has 1 aromatic heterocycles. The second-order valence-electron chi connectivity index (χ2n) is 6.34. The summed E-state index contributed by atoms with van der Waals surface area (Å²) >= 11 is 0. The van der Waals surface area contributed by atoms with Gasteiger partial charge in [-0.3, -0.25) is 4.79 Å². The maximum atomic E-state index is 12.6. The van der Waals surface area contributed by atoms with Crippen LogP contribution in [0.3, 0.4) is 0 Å². The van der Waals surface area contributed by atoms with Crippen LogP contribution >= 0.6 is 0 Å². The summed E-state index contributed by atoms with van der Waals surface area (Å²) in [5, 5.41) is 4.35. The Morgan fingerprint density at radius 1 is 1.26 bits per heavy atom. The fourth-order valence-corrected chi connectivity index (χ4v) is 2.98. The molecule has 0 bridgehead atoms. The third-order valence-corrected chi connectivity index (χ3v) is 4.43. The van der Waals surface area contributed by atoms with Gasteiger partial charge in [-0.25, -0.2) is 9.67 Å². The number of hydrogen-bond acceptors (Lipinski definition) is 4. The topological polar surface area (TPSA) is 54.3 Å². The van der Waals surface area contributed by atoms with Gasteiger partial charge in [-0.2, -0.15) is 0 Å². The van der Waals surface area contributed by atoms with Crippen molar-refractivity contribution >= 4 is 5.91 Å². The van der Waals surface area contributed by atoms with Gasteiger partial charge in [-0.1, -0.05) is 12.1 Å². The van der Waals surface area contributed by atoms with Gasteiger partial charge in [0.15, 0.2) is 0 Å². The molecule has 23 heavy (non-hydrogen) atoms. The van der Waals surface area contributed by atoms with Crippen LogP contribution in [0.15, 0.2) is 30.6 Å². The van der Waals surface area contributed by atoms with Crippen molar-refractivity contribution in [3.63, 3.8) is 0 Å². The first-order valence-electron chi connectivity index (χ1n) is 7.99. The Morgan fingerprint density at radius 3 is 2.65 bits per heavy atom. The molecule has 0 N–H and O–H groups in total. The van der Waals surface area contributed by atoms with Gasteiger partial charge in [0.2, 0.25) is 5.82 Å². The Bertz CT molecular complexity index is 686. The second-order valence-corrected chi connectivity index (χ2v) is 6.34. The van der Waals surface area contributed by atoms with Crippen LogP contribution in [0.2, 0.25) is 0 Å². The molecule has 1 aliphatic rings. The average Bonchev–Trinajstić information content (AvgIpc) is 3.04. The highest BCUT2D eigenvalue weighted by Crippen LogP contribution is 2.16. The van der Waals surface area contributed by atoms with Gasteiger partial charge in [0.1, 0.15) is 6.33 Å². The van der Waals surface area contributed by atoms with Crippen molar-refractivity contribution in [3.8, 4) is 5.69 Å². The molecular formula is C17H23N5O. The monoisotopic (exact) mass is 313 g/mol. The summed E-state index contributed by atoms with van der Waals surface area (Å²) in [4.78, 5) is 20.8. The van der Waals surface area contributed by atoms with Crippen LogP contribution in [-0.4, -0.2) is 63.7 Å². The van der Waals surface area contributed by atoms with E-state index < -0.39 is 0 Å². The molecule has 1 amide bonds. The van der Waals surface area contributed by atoms with Crippen LogP contribution in [0.5, 0.6) is 0 Å². The van der Waals surface area contributed by atoms with Gasteiger partial charge >= 0.3 is 0 Å². The Morgan fingerprint density at radius 2 is 2.00 bits per heavy atom. The van der Waals surface area contributed by atoms with Crippen LogP contribution in [0.1, 0.15) is 29.0 Å². The number of likely N-dealkylation sites (tertiary alicyclic amines) is 1. The third-order valence-electron chi connectivity index (χ3n) is 4.43. The summed E-state index contributed by atoms with van der Waals surface area (Å²) < 4.78 is 1.66. The molecule has 6 nitrogen and oxygen atoms in total. The lowest BCUT2D eigenvalue weighted by Gasteiger charge is -2.34. The molecular weight excluding hydrogens is 290 g/mol. The maximum Gasteiger partial charge on any atom is 0.293 e. The molecule has 1 fully saturated rings. The standard InChI is InChI=1S/C17H23N5O/c1-13-5-4-6-15(11-13)22-12-18-16(19-22)17(23)21-9-7-14(8-10-21)20(2)3/h4-6,11-12,14H,7-10H2,1-3H3. The Kier molecular flexibility index (Phi) is 4.43. The van der Waals surface area contributed by atoms with E-state index in [0.29, 0.717) is 6.04 Å². The number of aromatic nitrogens is 3. The number of aryl methyl sites for hydroxylation is 1. The molecule has 0 spiro atoms. The molecule has 1 aromatic carbocycles. The SMILES string of the molecule is Cc1cccc(-n2cnc(C(=O)N3CCC(N(C)C)CC3)n2)c1. The minimum atomic E-state index is -0.0754. The lowest BCUT2D eigenvalue weighted by Crippen LogP contribution is -2.44. The fraction of sp³-hybridized carbons (Fsp3) is 0.471. The van der Waals surface area contributed by atoms with E-state index in [1.807, 2.05) is 36.1 Å². The zero-order valence-corrected chi connectivity index (χ0v) is 13.9. The third kappa shape index (κ3) is 3.42. The van der Waals surface area contributed by atoms with Crippen molar-refractivity contribution in [2.75, 3.05) is 27.2 Å². The largest absolute Gasteiger partial charge is 0.336 e. The lowest BCUT2D eigenvalue weighted by atomic mass is 10.0. The lowest BCUT2D eigenvalue weighted by molar-refractivity contribution is 0.0651. The van der Waals surface area contributed by atoms with Crippen molar-refractivity contribution in [1.82, 2.24) is 24.6 Å². The number of benzene rings is 1. The normalized spacial score (nSPS) is 16.1. The molecule has 0 radical (unpaired) electrons. The van der Waals surface area contributed by atoms with E-state index in [1.54, 1.807) is 11.0 Å². The number of nitrogens with zero attached hydrogens (tertiary/aromatic N) is 5. The molecule has 122 valence electrons. The van der Waals surface area contributed by atoms with E-state index in [2.05, 4.69) is 29.1 Å². The number of carbonyl (C=O) groups excluding carboxylic acids is 1. The van der Waals surface area contributed by atoms with Crippen LogP contribution in [-0.2, 0) is 0 Å². The van der Waals surface area contributed by atoms with Gasteiger partial charge in [-0.05, 0) is 51.6 Å². The van der Waals surface area contributed by atoms with Crippen molar-refractivity contribution in [3.05, 3.63) is 42.0 Å². The molecule has 1 aliphatic heterocycles. The maximum absolute atomic E-state index is 12.6. The first-order chi connectivity index (χ1) is 11.0. The van der Waals surface area contributed by atoms with E-state index in [-0.39, 0.29) is 11.7 Å². The highest BCUT2D eigenvalue weighted by Gasteiger charge is 2.26. The fourth-order valence-electron chi connectivity index (χ4n) is 2.98. The molecule has 0 unspecified atom stereocenters. The Hall–Kier alpha value is -2.21. The zero-order chi connectivity index (χ0) is 16.4. The van der Waals surface area contributed by atoms with E-state index in [9.17, 15) is 4.79 Å². The number of hydrogen-bond donors (Lipinski definition) is 0. The van der Waals surface area contributed by atoms with E-state index >= 15 is 0 Å². The highest BCUT2D eigenvalue weighted by molar-refractivity contribution is 5.90. The molecule has 2 heterocycles. The summed E-state index contributed by atoms with van der Waals surface area (Å²) in [6.45, 7) is 3.56. The summed E-state index contributed by atoms with van der Waals surface area (Å²) in [6, 6.07) is 8.53. The molecule has 3 rings (SSSR count). The Balaban J connectivity index is 1.70. The quantitative estimate of drug-likeness (QED) is 0.866. The smallest absolute Gasteiger partial charge is 0.293 e. The summed E-state index contributed by atoms with van der Waals surface area (Å²) in [7, 11) is 4.18. The van der Waals surface area contributed by atoms with Crippen molar-refractivity contribution in [1.29, 1.82) is 0 Å². The van der Waals surface area contributed by atoms with E-state index in [1.165, 1.54) is 0 Å². The molecule has 0 aliphatic carbocycles. The van der Waals surface area contributed by atoms with Gasteiger partial charge < -0.3 is 9.80 Å². The predicted octanol–water partition coefficient (Wildman–Crippen LogP) is 1.74. The van der Waals surface area contributed by atoms with Gasteiger partial charge in [0.05, 0.1) is 5.69 Å². The molecule has 6 heteroatoms. The molecule has 0 saturated carbocycles. The average molecular weight is 313 g/mol. The minimum Gasteiger partial charge on any atom is -0.336 e. The van der Waals surface area contributed by atoms with Gasteiger partial charge in [-0.15, -0.1) is 5.10 Å². The van der Waals surface area contributed by atoms with Crippen LogP contribution in [0.4, 0.5) is 0 Å². The van der Waals surface area contributed by atoms with Crippen molar-refractivity contribution < 1.29 is 4.79 Å². The number of amides is 1. The highest BCUT2D eigenvalue weighted by atomic mass is 16.2. The molecule has 1 saturated heterocycles. The minimum absolute atomic E-state index is 0.0754. The first-order valence-corrected chi connectivity index (χ1v) is 7.99.